The summed E-state index contributed by atoms with van der Waals surface area (Å²) >= 11 is 1.86. The molecule has 1 aromatic carbocycles. The number of hydrogen-bond donors (Lipinski definition) is 1. The van der Waals surface area contributed by atoms with E-state index in [4.69, 9.17) is 5.73 Å². The van der Waals surface area contributed by atoms with Crippen LogP contribution in [0.5, 0.6) is 0 Å². The van der Waals surface area contributed by atoms with E-state index in [9.17, 15) is 4.39 Å². The third-order valence-corrected chi connectivity index (χ3v) is 3.81. The van der Waals surface area contributed by atoms with Crippen LogP contribution in [0.1, 0.15) is 31.1 Å². The van der Waals surface area contributed by atoms with E-state index >= 15 is 0 Å². The van der Waals surface area contributed by atoms with E-state index in [0.29, 0.717) is 11.8 Å². The number of thioether (sulfide) groups is 1. The summed E-state index contributed by atoms with van der Waals surface area (Å²) in [7, 11) is 0. The van der Waals surface area contributed by atoms with Crippen LogP contribution in [0.2, 0.25) is 0 Å². The number of halogens is 1. The van der Waals surface area contributed by atoms with Crippen molar-refractivity contribution in [2.45, 2.75) is 25.5 Å². The Balaban J connectivity index is 2.50. The van der Waals surface area contributed by atoms with Crippen molar-refractivity contribution in [1.82, 2.24) is 0 Å². The predicted octanol–water partition coefficient (Wildman–Crippen LogP) is 3.60. The maximum absolute atomic E-state index is 12.8. The van der Waals surface area contributed by atoms with Crippen molar-refractivity contribution < 1.29 is 4.39 Å². The Morgan fingerprint density at radius 2 is 1.88 bits per heavy atom. The zero-order chi connectivity index (χ0) is 12.0. The minimum atomic E-state index is -0.188. The van der Waals surface area contributed by atoms with Gasteiger partial charge in [0.25, 0.3) is 0 Å². The molecule has 16 heavy (non-hydrogen) atoms. The molecule has 0 aliphatic rings. The van der Waals surface area contributed by atoms with E-state index in [1.807, 2.05) is 23.9 Å². The van der Waals surface area contributed by atoms with Gasteiger partial charge < -0.3 is 5.73 Å². The van der Waals surface area contributed by atoms with Crippen molar-refractivity contribution >= 4 is 11.8 Å². The molecule has 0 bridgehead atoms. The molecule has 1 atom stereocenters. The highest BCUT2D eigenvalue weighted by Crippen LogP contribution is 2.29. The number of benzene rings is 1. The number of hydrogen-bond acceptors (Lipinski definition) is 2. The summed E-state index contributed by atoms with van der Waals surface area (Å²) in [6.45, 7) is 5.04. The van der Waals surface area contributed by atoms with E-state index in [1.54, 1.807) is 0 Å². The lowest BCUT2D eigenvalue weighted by Gasteiger charge is -2.15. The fraction of sp³-hybridized carbons (Fsp3) is 0.538. The van der Waals surface area contributed by atoms with Gasteiger partial charge in [-0.3, -0.25) is 0 Å². The molecule has 0 aromatic heterocycles. The summed E-state index contributed by atoms with van der Waals surface area (Å²) in [4.78, 5) is 0. The molecule has 0 aliphatic heterocycles. The SMILES string of the molecule is CC(C)CCSC(CN)c1ccc(F)cc1. The van der Waals surface area contributed by atoms with Crippen molar-refractivity contribution in [3.8, 4) is 0 Å². The highest BCUT2D eigenvalue weighted by atomic mass is 32.2. The van der Waals surface area contributed by atoms with E-state index < -0.39 is 0 Å². The van der Waals surface area contributed by atoms with Gasteiger partial charge in [-0.1, -0.05) is 26.0 Å². The fourth-order valence-corrected chi connectivity index (χ4v) is 2.80. The van der Waals surface area contributed by atoms with Crippen LogP contribution in [0.15, 0.2) is 24.3 Å². The van der Waals surface area contributed by atoms with Crippen molar-refractivity contribution in [3.05, 3.63) is 35.6 Å². The van der Waals surface area contributed by atoms with Crippen LogP contribution in [0.3, 0.4) is 0 Å². The Morgan fingerprint density at radius 1 is 1.25 bits per heavy atom. The smallest absolute Gasteiger partial charge is 0.123 e. The molecule has 1 aromatic rings. The topological polar surface area (TPSA) is 26.0 Å². The maximum atomic E-state index is 12.8. The second kappa shape index (κ2) is 6.92. The lowest BCUT2D eigenvalue weighted by Crippen LogP contribution is -2.10. The zero-order valence-electron chi connectivity index (χ0n) is 9.95. The molecule has 0 heterocycles. The summed E-state index contributed by atoms with van der Waals surface area (Å²) in [5.74, 6) is 1.64. The van der Waals surface area contributed by atoms with Gasteiger partial charge in [-0.15, -0.1) is 0 Å². The molecular formula is C13H20FNS. The number of rotatable bonds is 6. The van der Waals surface area contributed by atoms with Crippen LogP contribution in [0.25, 0.3) is 0 Å². The third-order valence-electron chi connectivity index (χ3n) is 2.47. The van der Waals surface area contributed by atoms with Crippen molar-refractivity contribution in [2.24, 2.45) is 11.7 Å². The molecule has 1 unspecified atom stereocenters. The molecule has 1 nitrogen and oxygen atoms in total. The monoisotopic (exact) mass is 241 g/mol. The zero-order valence-corrected chi connectivity index (χ0v) is 10.8. The Morgan fingerprint density at radius 3 is 2.38 bits per heavy atom. The van der Waals surface area contributed by atoms with Gasteiger partial charge in [0, 0.05) is 11.8 Å². The van der Waals surface area contributed by atoms with Crippen molar-refractivity contribution in [2.75, 3.05) is 12.3 Å². The van der Waals surface area contributed by atoms with Gasteiger partial charge >= 0.3 is 0 Å². The summed E-state index contributed by atoms with van der Waals surface area (Å²) < 4.78 is 12.8. The van der Waals surface area contributed by atoms with E-state index in [1.165, 1.54) is 18.6 Å². The van der Waals surface area contributed by atoms with E-state index in [-0.39, 0.29) is 5.82 Å². The third kappa shape index (κ3) is 4.54. The standard InChI is InChI=1S/C13H20FNS/c1-10(2)7-8-16-13(9-15)11-3-5-12(14)6-4-11/h3-6,10,13H,7-9,15H2,1-2H3. The van der Waals surface area contributed by atoms with Gasteiger partial charge in [-0.2, -0.15) is 11.8 Å². The molecule has 0 aliphatic carbocycles. The number of nitrogens with two attached hydrogens (primary N) is 1. The first-order valence-electron chi connectivity index (χ1n) is 5.70. The molecule has 0 fully saturated rings. The minimum Gasteiger partial charge on any atom is -0.329 e. The summed E-state index contributed by atoms with van der Waals surface area (Å²) in [6.07, 6.45) is 1.20. The van der Waals surface area contributed by atoms with Gasteiger partial charge in [0.05, 0.1) is 0 Å². The highest BCUT2D eigenvalue weighted by molar-refractivity contribution is 7.99. The second-order valence-electron chi connectivity index (χ2n) is 4.33. The van der Waals surface area contributed by atoms with Crippen LogP contribution < -0.4 is 5.73 Å². The Kier molecular flexibility index (Phi) is 5.85. The van der Waals surface area contributed by atoms with Gasteiger partial charge in [-0.05, 0) is 35.8 Å². The summed E-state index contributed by atoms with van der Waals surface area (Å²) in [5.41, 5.74) is 6.87. The molecular weight excluding hydrogens is 221 g/mol. The molecule has 90 valence electrons. The second-order valence-corrected chi connectivity index (χ2v) is 5.64. The van der Waals surface area contributed by atoms with Crippen LogP contribution >= 0.6 is 11.8 Å². The minimum absolute atomic E-state index is 0.188. The van der Waals surface area contributed by atoms with Crippen LogP contribution in [0.4, 0.5) is 4.39 Å². The van der Waals surface area contributed by atoms with Gasteiger partial charge in [0.15, 0.2) is 0 Å². The van der Waals surface area contributed by atoms with E-state index in [2.05, 4.69) is 13.8 Å². The molecule has 1 rings (SSSR count). The summed E-state index contributed by atoms with van der Waals surface area (Å²) in [5, 5.41) is 0.291. The molecule has 3 heteroatoms. The molecule has 0 spiro atoms. The van der Waals surface area contributed by atoms with Gasteiger partial charge in [0.1, 0.15) is 5.82 Å². The van der Waals surface area contributed by atoms with Gasteiger partial charge in [0.2, 0.25) is 0 Å². The maximum Gasteiger partial charge on any atom is 0.123 e. The molecule has 0 radical (unpaired) electrons. The quantitative estimate of drug-likeness (QED) is 0.823. The molecule has 2 N–H and O–H groups in total. The molecule has 0 saturated heterocycles. The lowest BCUT2D eigenvalue weighted by molar-refractivity contribution is 0.626. The molecule has 0 amide bonds. The fourth-order valence-electron chi connectivity index (χ4n) is 1.42. The van der Waals surface area contributed by atoms with Crippen LogP contribution in [-0.2, 0) is 0 Å². The first-order chi connectivity index (χ1) is 7.63. The molecule has 0 saturated carbocycles. The Hall–Kier alpha value is -0.540. The average molecular weight is 241 g/mol. The van der Waals surface area contributed by atoms with Gasteiger partial charge in [-0.25, -0.2) is 4.39 Å². The average Bonchev–Trinajstić information content (AvgIpc) is 2.26. The normalized spacial score (nSPS) is 13.1. The first kappa shape index (κ1) is 13.5. The summed E-state index contributed by atoms with van der Waals surface area (Å²) in [6, 6.07) is 6.66. The predicted molar refractivity (Wildman–Crippen MR) is 70.1 cm³/mol. The van der Waals surface area contributed by atoms with E-state index in [0.717, 1.165) is 17.2 Å². The highest BCUT2D eigenvalue weighted by Gasteiger charge is 2.10. The lowest BCUT2D eigenvalue weighted by atomic mass is 10.1. The largest absolute Gasteiger partial charge is 0.329 e. The van der Waals surface area contributed by atoms with Crippen molar-refractivity contribution in [3.63, 3.8) is 0 Å². The first-order valence-corrected chi connectivity index (χ1v) is 6.75. The van der Waals surface area contributed by atoms with Crippen LogP contribution in [0, 0.1) is 11.7 Å². The van der Waals surface area contributed by atoms with Crippen molar-refractivity contribution in [1.29, 1.82) is 0 Å². The Labute approximate surface area is 102 Å². The Bertz CT molecular complexity index is 297. The van der Waals surface area contributed by atoms with Crippen LogP contribution in [-0.4, -0.2) is 12.3 Å².